The van der Waals surface area contributed by atoms with Crippen LogP contribution >= 0.6 is 12.2 Å². The van der Waals surface area contributed by atoms with Crippen LogP contribution in [0.2, 0.25) is 0 Å². The van der Waals surface area contributed by atoms with Crippen LogP contribution in [0.4, 0.5) is 5.69 Å². The molecule has 0 radical (unpaired) electrons. The number of hydrogen-bond donors (Lipinski definition) is 3. The molecule has 1 amide bonds. The van der Waals surface area contributed by atoms with Crippen LogP contribution in [-0.4, -0.2) is 22.1 Å². The van der Waals surface area contributed by atoms with Crippen LogP contribution in [0, 0.1) is 0 Å². The lowest BCUT2D eigenvalue weighted by molar-refractivity contribution is 0.0696. The lowest BCUT2D eigenvalue weighted by Crippen LogP contribution is -2.34. The van der Waals surface area contributed by atoms with Gasteiger partial charge >= 0.3 is 5.97 Å². The lowest BCUT2D eigenvalue weighted by Gasteiger charge is -2.09. The van der Waals surface area contributed by atoms with Gasteiger partial charge in [0.1, 0.15) is 0 Å². The van der Waals surface area contributed by atoms with Crippen molar-refractivity contribution in [3.8, 4) is 0 Å². The summed E-state index contributed by atoms with van der Waals surface area (Å²) in [6, 6.07) is 14.7. The number of aromatic carboxylic acids is 1. The van der Waals surface area contributed by atoms with Gasteiger partial charge in [0.15, 0.2) is 5.11 Å². The van der Waals surface area contributed by atoms with Gasteiger partial charge in [0.2, 0.25) is 0 Å². The molecule has 0 saturated carbocycles. The molecule has 2 rings (SSSR count). The fourth-order valence-electron chi connectivity index (χ4n) is 1.62. The zero-order valence-corrected chi connectivity index (χ0v) is 11.7. The summed E-state index contributed by atoms with van der Waals surface area (Å²) in [6.45, 7) is 0. The van der Waals surface area contributed by atoms with E-state index < -0.39 is 5.97 Å². The molecule has 2 aromatic rings. The summed E-state index contributed by atoms with van der Waals surface area (Å²) >= 11 is 5.04. The topological polar surface area (TPSA) is 78.4 Å². The Morgan fingerprint density at radius 3 is 2.10 bits per heavy atom. The predicted octanol–water partition coefficient (Wildman–Crippen LogP) is 2.51. The van der Waals surface area contributed by atoms with Gasteiger partial charge in [-0.1, -0.05) is 18.2 Å². The fourth-order valence-corrected chi connectivity index (χ4v) is 1.83. The van der Waals surface area contributed by atoms with Gasteiger partial charge in [0, 0.05) is 11.3 Å². The molecule has 106 valence electrons. The zero-order chi connectivity index (χ0) is 15.2. The minimum Gasteiger partial charge on any atom is -0.478 e. The van der Waals surface area contributed by atoms with E-state index in [4.69, 9.17) is 17.3 Å². The second kappa shape index (κ2) is 6.62. The van der Waals surface area contributed by atoms with Crippen molar-refractivity contribution < 1.29 is 14.7 Å². The van der Waals surface area contributed by atoms with E-state index in [1.165, 1.54) is 12.1 Å². The van der Waals surface area contributed by atoms with Gasteiger partial charge in [-0.05, 0) is 48.6 Å². The van der Waals surface area contributed by atoms with E-state index in [-0.39, 0.29) is 16.6 Å². The second-order valence-electron chi connectivity index (χ2n) is 4.16. The van der Waals surface area contributed by atoms with Crippen LogP contribution in [0.25, 0.3) is 0 Å². The highest BCUT2D eigenvalue weighted by molar-refractivity contribution is 7.80. The van der Waals surface area contributed by atoms with Gasteiger partial charge in [-0.15, -0.1) is 0 Å². The summed E-state index contributed by atoms with van der Waals surface area (Å²) < 4.78 is 0. The van der Waals surface area contributed by atoms with Gasteiger partial charge in [0.25, 0.3) is 5.91 Å². The highest BCUT2D eigenvalue weighted by Crippen LogP contribution is 2.09. The lowest BCUT2D eigenvalue weighted by atomic mass is 10.2. The predicted molar refractivity (Wildman–Crippen MR) is 83.5 cm³/mol. The number of carboxylic acids is 1. The highest BCUT2D eigenvalue weighted by Gasteiger charge is 2.07. The first-order valence-electron chi connectivity index (χ1n) is 6.07. The number of carbonyl (C=O) groups is 2. The molecule has 0 aromatic heterocycles. The van der Waals surface area contributed by atoms with E-state index >= 15 is 0 Å². The zero-order valence-electron chi connectivity index (χ0n) is 10.9. The maximum atomic E-state index is 11.9. The largest absolute Gasteiger partial charge is 0.478 e. The molecular formula is C15H12N2O3S. The van der Waals surface area contributed by atoms with Crippen molar-refractivity contribution in [1.29, 1.82) is 0 Å². The SMILES string of the molecule is O=C(O)c1ccc(NC(=S)NC(=O)c2ccccc2)cc1. The molecule has 2 aromatic carbocycles. The normalized spacial score (nSPS) is 9.71. The summed E-state index contributed by atoms with van der Waals surface area (Å²) in [6.07, 6.45) is 0. The van der Waals surface area contributed by atoms with E-state index in [0.717, 1.165) is 0 Å². The Labute approximate surface area is 126 Å². The van der Waals surface area contributed by atoms with E-state index in [0.29, 0.717) is 11.3 Å². The van der Waals surface area contributed by atoms with Gasteiger partial charge in [-0.2, -0.15) is 0 Å². The van der Waals surface area contributed by atoms with Crippen molar-refractivity contribution >= 4 is 34.9 Å². The van der Waals surface area contributed by atoms with Crippen molar-refractivity contribution in [1.82, 2.24) is 5.32 Å². The molecule has 6 heteroatoms. The standard InChI is InChI=1S/C15H12N2O3S/c18-13(10-4-2-1-3-5-10)17-15(21)16-12-8-6-11(7-9-12)14(19)20/h1-9H,(H,19,20)(H2,16,17,18,21). The Balaban J connectivity index is 1.95. The average Bonchev–Trinajstić information content (AvgIpc) is 2.48. The van der Waals surface area contributed by atoms with Crippen LogP contribution in [0.3, 0.4) is 0 Å². The molecule has 0 spiro atoms. The molecule has 3 N–H and O–H groups in total. The molecule has 0 fully saturated rings. The van der Waals surface area contributed by atoms with Crippen LogP contribution in [0.1, 0.15) is 20.7 Å². The van der Waals surface area contributed by atoms with Crippen molar-refractivity contribution in [3.05, 3.63) is 65.7 Å². The first-order chi connectivity index (χ1) is 10.1. The maximum absolute atomic E-state index is 11.9. The second-order valence-corrected chi connectivity index (χ2v) is 4.57. The molecule has 21 heavy (non-hydrogen) atoms. The number of hydrogen-bond acceptors (Lipinski definition) is 3. The Morgan fingerprint density at radius 1 is 0.905 bits per heavy atom. The molecule has 0 heterocycles. The Morgan fingerprint density at radius 2 is 1.52 bits per heavy atom. The van der Waals surface area contributed by atoms with Crippen molar-refractivity contribution in [2.45, 2.75) is 0 Å². The number of rotatable bonds is 3. The third-order valence-electron chi connectivity index (χ3n) is 2.65. The number of anilines is 1. The summed E-state index contributed by atoms with van der Waals surface area (Å²) in [4.78, 5) is 22.6. The van der Waals surface area contributed by atoms with E-state index in [1.54, 1.807) is 36.4 Å². The van der Waals surface area contributed by atoms with Crippen LogP contribution in [-0.2, 0) is 0 Å². The van der Waals surface area contributed by atoms with E-state index in [1.807, 2.05) is 6.07 Å². The molecule has 0 atom stereocenters. The summed E-state index contributed by atoms with van der Waals surface area (Å²) in [5.41, 5.74) is 1.28. The minimum absolute atomic E-state index is 0.145. The smallest absolute Gasteiger partial charge is 0.335 e. The third kappa shape index (κ3) is 4.12. The fraction of sp³-hybridized carbons (Fsp3) is 0. The molecule has 0 aliphatic carbocycles. The highest BCUT2D eigenvalue weighted by atomic mass is 32.1. The summed E-state index contributed by atoms with van der Waals surface area (Å²) in [5, 5.41) is 14.3. The maximum Gasteiger partial charge on any atom is 0.335 e. The first kappa shape index (κ1) is 14.7. The van der Waals surface area contributed by atoms with Gasteiger partial charge in [0.05, 0.1) is 5.56 Å². The number of carbonyl (C=O) groups excluding carboxylic acids is 1. The number of benzene rings is 2. The Kier molecular flexibility index (Phi) is 4.63. The van der Waals surface area contributed by atoms with Crippen LogP contribution in [0.5, 0.6) is 0 Å². The number of thiocarbonyl (C=S) groups is 1. The number of nitrogens with one attached hydrogen (secondary N) is 2. The van der Waals surface area contributed by atoms with E-state index in [2.05, 4.69) is 10.6 Å². The van der Waals surface area contributed by atoms with Gasteiger partial charge in [-0.3, -0.25) is 10.1 Å². The summed E-state index contributed by atoms with van der Waals surface area (Å²) in [5.74, 6) is -1.31. The van der Waals surface area contributed by atoms with Crippen LogP contribution in [0.15, 0.2) is 54.6 Å². The molecule has 0 bridgehead atoms. The molecule has 5 nitrogen and oxygen atoms in total. The third-order valence-corrected chi connectivity index (χ3v) is 2.86. The summed E-state index contributed by atoms with van der Waals surface area (Å²) in [7, 11) is 0. The Hall–Kier alpha value is -2.73. The number of carboxylic acid groups (broad SMARTS) is 1. The van der Waals surface area contributed by atoms with Crippen molar-refractivity contribution in [3.63, 3.8) is 0 Å². The minimum atomic E-state index is -0.999. The molecule has 0 saturated heterocycles. The van der Waals surface area contributed by atoms with Gasteiger partial charge in [-0.25, -0.2) is 4.79 Å². The average molecular weight is 300 g/mol. The monoisotopic (exact) mass is 300 g/mol. The number of amides is 1. The quantitative estimate of drug-likeness (QED) is 0.759. The van der Waals surface area contributed by atoms with Crippen molar-refractivity contribution in [2.75, 3.05) is 5.32 Å². The Bertz CT molecular complexity index is 669. The van der Waals surface area contributed by atoms with E-state index in [9.17, 15) is 9.59 Å². The van der Waals surface area contributed by atoms with Gasteiger partial charge < -0.3 is 10.4 Å². The van der Waals surface area contributed by atoms with Crippen molar-refractivity contribution in [2.24, 2.45) is 0 Å². The van der Waals surface area contributed by atoms with Crippen LogP contribution < -0.4 is 10.6 Å². The molecule has 0 aliphatic heterocycles. The molecule has 0 unspecified atom stereocenters. The molecule has 0 aliphatic rings. The first-order valence-corrected chi connectivity index (χ1v) is 6.48. The molecular weight excluding hydrogens is 288 g/mol.